The monoisotopic (exact) mass is 497 g/mol. The van der Waals surface area contributed by atoms with Crippen LogP contribution in [-0.4, -0.2) is 79.6 Å². The molecule has 0 radical (unpaired) electrons. The van der Waals surface area contributed by atoms with Crippen LogP contribution < -0.4 is 0 Å². The molecule has 8 nitrogen and oxygen atoms in total. The molecule has 2 aromatic rings. The Morgan fingerprint density at radius 1 is 0.943 bits per heavy atom. The van der Waals surface area contributed by atoms with Gasteiger partial charge < -0.3 is 14.9 Å². The van der Waals surface area contributed by atoms with Gasteiger partial charge in [-0.3, -0.25) is 9.59 Å². The number of rotatable bonds is 7. The van der Waals surface area contributed by atoms with Gasteiger partial charge in [0.05, 0.1) is 16.5 Å². The van der Waals surface area contributed by atoms with E-state index in [1.165, 1.54) is 44.8 Å². The van der Waals surface area contributed by atoms with Crippen molar-refractivity contribution in [1.82, 2.24) is 14.1 Å². The van der Waals surface area contributed by atoms with Crippen LogP contribution in [0.5, 0.6) is 0 Å². The number of hydrogen-bond donors (Lipinski definition) is 1. The Labute approximate surface area is 206 Å². The Morgan fingerprint density at radius 2 is 1.57 bits per heavy atom. The number of ketones is 1. The minimum Gasteiger partial charge on any atom is -0.507 e. The molecule has 9 heteroatoms. The number of sulfonamides is 1. The third kappa shape index (κ3) is 5.03. The molecule has 1 N–H and O–H groups in total. The second kappa shape index (κ2) is 10.3. The number of benzene rings is 2. The summed E-state index contributed by atoms with van der Waals surface area (Å²) in [5.74, 6) is -1.68. The van der Waals surface area contributed by atoms with Crippen molar-refractivity contribution in [2.75, 3.05) is 40.3 Å². The van der Waals surface area contributed by atoms with Crippen molar-refractivity contribution < 1.29 is 23.1 Å². The maximum absolute atomic E-state index is 13.2. The lowest BCUT2D eigenvalue weighted by Gasteiger charge is -2.31. The van der Waals surface area contributed by atoms with Gasteiger partial charge in [0.1, 0.15) is 5.76 Å². The summed E-state index contributed by atoms with van der Waals surface area (Å²) in [6, 6.07) is 14.2. The van der Waals surface area contributed by atoms with Crippen molar-refractivity contribution in [3.05, 3.63) is 71.3 Å². The number of amides is 1. The molecule has 186 valence electrons. The fourth-order valence-electron chi connectivity index (χ4n) is 4.68. The molecule has 2 aliphatic rings. The van der Waals surface area contributed by atoms with E-state index in [2.05, 4.69) is 4.90 Å². The first-order chi connectivity index (χ1) is 16.7. The van der Waals surface area contributed by atoms with Gasteiger partial charge in [-0.05, 0) is 55.8 Å². The first-order valence-corrected chi connectivity index (χ1v) is 13.2. The average Bonchev–Trinajstić information content (AvgIpc) is 3.13. The fourth-order valence-corrected chi connectivity index (χ4v) is 5.58. The quantitative estimate of drug-likeness (QED) is 0.359. The fraction of sp³-hybridized carbons (Fsp3) is 0.385. The number of aliphatic hydroxyl groups is 1. The van der Waals surface area contributed by atoms with Gasteiger partial charge in [-0.1, -0.05) is 36.8 Å². The van der Waals surface area contributed by atoms with Crippen molar-refractivity contribution in [2.45, 2.75) is 30.2 Å². The number of likely N-dealkylation sites (tertiary alicyclic amines) is 2. The summed E-state index contributed by atoms with van der Waals surface area (Å²) >= 11 is 0. The second-order valence-electron chi connectivity index (χ2n) is 9.12. The zero-order chi connectivity index (χ0) is 25.2. The molecule has 35 heavy (non-hydrogen) atoms. The zero-order valence-corrected chi connectivity index (χ0v) is 20.9. The summed E-state index contributed by atoms with van der Waals surface area (Å²) in [7, 11) is -0.759. The Balaban J connectivity index is 1.71. The minimum atomic E-state index is -3.64. The standard InChI is InChI=1S/C26H31N3O5S/c1-27(2)35(33,34)21-13-11-20(12-14-21)24(30)22-23(19-9-5-3-6-10-19)29(26(32)25(22)31)18-17-28-15-7-4-8-16-28/h3,5-6,9-14,23,30H,4,7-8,15-18H2,1-2H3. The van der Waals surface area contributed by atoms with Gasteiger partial charge in [0.15, 0.2) is 0 Å². The lowest BCUT2D eigenvalue weighted by Crippen LogP contribution is -2.39. The number of Topliss-reactive ketones (excluding diaryl/α,β-unsaturated/α-hetero) is 1. The van der Waals surface area contributed by atoms with Crippen LogP contribution in [-0.2, 0) is 19.6 Å². The van der Waals surface area contributed by atoms with Crippen molar-refractivity contribution in [1.29, 1.82) is 0 Å². The summed E-state index contributed by atoms with van der Waals surface area (Å²) in [4.78, 5) is 30.2. The molecule has 0 aromatic heterocycles. The Morgan fingerprint density at radius 3 is 2.17 bits per heavy atom. The Hall–Kier alpha value is -3.01. The first-order valence-electron chi connectivity index (χ1n) is 11.8. The summed E-state index contributed by atoms with van der Waals surface area (Å²) in [5.41, 5.74) is 1.03. The molecule has 4 rings (SSSR count). The van der Waals surface area contributed by atoms with Crippen molar-refractivity contribution in [3.63, 3.8) is 0 Å². The highest BCUT2D eigenvalue weighted by Gasteiger charge is 2.46. The lowest BCUT2D eigenvalue weighted by atomic mass is 9.95. The largest absolute Gasteiger partial charge is 0.507 e. The molecule has 0 aliphatic carbocycles. The third-order valence-electron chi connectivity index (χ3n) is 6.67. The lowest BCUT2D eigenvalue weighted by molar-refractivity contribution is -0.140. The van der Waals surface area contributed by atoms with E-state index in [1.807, 2.05) is 30.3 Å². The van der Waals surface area contributed by atoms with Gasteiger partial charge in [-0.15, -0.1) is 0 Å². The van der Waals surface area contributed by atoms with Gasteiger partial charge >= 0.3 is 0 Å². The molecule has 1 atom stereocenters. The maximum atomic E-state index is 13.2. The van der Waals surface area contributed by atoms with Crippen LogP contribution >= 0.6 is 0 Å². The SMILES string of the molecule is CN(C)S(=O)(=O)c1ccc(C(O)=C2C(=O)C(=O)N(CCN3CCCCC3)C2c2ccccc2)cc1. The molecule has 0 spiro atoms. The Kier molecular flexibility index (Phi) is 7.39. The Bertz CT molecular complexity index is 1220. The van der Waals surface area contributed by atoms with Crippen LogP contribution in [0.2, 0.25) is 0 Å². The van der Waals surface area contributed by atoms with Gasteiger partial charge in [-0.25, -0.2) is 12.7 Å². The number of carbonyl (C=O) groups is 2. The molecule has 2 aliphatic heterocycles. The van der Waals surface area contributed by atoms with Gasteiger partial charge in [0.25, 0.3) is 11.7 Å². The molecular formula is C26H31N3O5S. The van der Waals surface area contributed by atoms with Crippen LogP contribution in [0, 0.1) is 0 Å². The molecule has 2 fully saturated rings. The van der Waals surface area contributed by atoms with Crippen LogP contribution in [0.4, 0.5) is 0 Å². The molecule has 2 saturated heterocycles. The van der Waals surface area contributed by atoms with Crippen molar-refractivity contribution >= 4 is 27.5 Å². The number of hydrogen-bond acceptors (Lipinski definition) is 6. The molecular weight excluding hydrogens is 466 g/mol. The highest BCUT2D eigenvalue weighted by Crippen LogP contribution is 2.39. The minimum absolute atomic E-state index is 0.0167. The molecule has 2 aromatic carbocycles. The van der Waals surface area contributed by atoms with Crippen molar-refractivity contribution in [2.24, 2.45) is 0 Å². The van der Waals surface area contributed by atoms with E-state index < -0.39 is 27.8 Å². The van der Waals surface area contributed by atoms with Gasteiger partial charge in [0.2, 0.25) is 10.0 Å². The number of aliphatic hydroxyl groups excluding tert-OH is 1. The van der Waals surface area contributed by atoms with E-state index in [9.17, 15) is 23.1 Å². The molecule has 2 heterocycles. The van der Waals surface area contributed by atoms with E-state index in [4.69, 9.17) is 0 Å². The van der Waals surface area contributed by atoms with Crippen LogP contribution in [0.15, 0.2) is 65.1 Å². The number of nitrogens with zero attached hydrogens (tertiary/aromatic N) is 3. The maximum Gasteiger partial charge on any atom is 0.295 e. The molecule has 0 saturated carbocycles. The summed E-state index contributed by atoms with van der Waals surface area (Å²) < 4.78 is 25.9. The first kappa shape index (κ1) is 25.1. The smallest absolute Gasteiger partial charge is 0.295 e. The predicted octanol–water partition coefficient (Wildman–Crippen LogP) is 2.84. The molecule has 0 bridgehead atoms. The summed E-state index contributed by atoms with van der Waals surface area (Å²) in [6.07, 6.45) is 3.46. The van der Waals surface area contributed by atoms with E-state index in [-0.39, 0.29) is 21.8 Å². The van der Waals surface area contributed by atoms with Crippen molar-refractivity contribution in [3.8, 4) is 0 Å². The van der Waals surface area contributed by atoms with E-state index in [0.29, 0.717) is 13.1 Å². The highest BCUT2D eigenvalue weighted by atomic mass is 32.2. The van der Waals surface area contributed by atoms with Crippen LogP contribution in [0.1, 0.15) is 36.4 Å². The predicted molar refractivity (Wildman–Crippen MR) is 133 cm³/mol. The van der Waals surface area contributed by atoms with Crippen LogP contribution in [0.25, 0.3) is 5.76 Å². The number of piperidine rings is 1. The van der Waals surface area contributed by atoms with E-state index >= 15 is 0 Å². The second-order valence-corrected chi connectivity index (χ2v) is 11.3. The molecule has 1 unspecified atom stereocenters. The summed E-state index contributed by atoms with van der Waals surface area (Å²) in [5, 5.41) is 11.2. The molecule has 1 amide bonds. The summed E-state index contributed by atoms with van der Waals surface area (Å²) in [6.45, 7) is 2.98. The van der Waals surface area contributed by atoms with E-state index in [0.717, 1.165) is 35.8 Å². The van der Waals surface area contributed by atoms with E-state index in [1.54, 1.807) is 4.90 Å². The van der Waals surface area contributed by atoms with Gasteiger partial charge in [0, 0.05) is 32.7 Å². The zero-order valence-electron chi connectivity index (χ0n) is 20.1. The number of carbonyl (C=O) groups excluding carboxylic acids is 2. The average molecular weight is 498 g/mol. The normalized spacial score (nSPS) is 21.1. The third-order valence-corrected chi connectivity index (χ3v) is 8.50. The van der Waals surface area contributed by atoms with Gasteiger partial charge in [-0.2, -0.15) is 0 Å². The highest BCUT2D eigenvalue weighted by molar-refractivity contribution is 7.89. The topological polar surface area (TPSA) is 98.2 Å². The van der Waals surface area contributed by atoms with Crippen LogP contribution in [0.3, 0.4) is 0 Å².